The Balaban J connectivity index is 1.61. The zero-order valence-electron chi connectivity index (χ0n) is 12.3. The van der Waals surface area contributed by atoms with Crippen LogP contribution < -0.4 is 0 Å². The molecule has 114 valence electrons. The second kappa shape index (κ2) is 6.07. The van der Waals surface area contributed by atoms with Crippen molar-refractivity contribution in [3.05, 3.63) is 24.3 Å². The van der Waals surface area contributed by atoms with Crippen LogP contribution in [0.15, 0.2) is 18.6 Å². The number of carbonyl (C=O) groups excluding carboxylic acids is 1. The Morgan fingerprint density at radius 3 is 2.90 bits per heavy atom. The van der Waals surface area contributed by atoms with Crippen LogP contribution in [0.1, 0.15) is 36.2 Å². The molecule has 6 nitrogen and oxygen atoms in total. The molecule has 0 saturated carbocycles. The first-order chi connectivity index (χ1) is 10.2. The van der Waals surface area contributed by atoms with Crippen molar-refractivity contribution >= 4 is 5.91 Å². The summed E-state index contributed by atoms with van der Waals surface area (Å²) in [5.74, 6) is -0.0444. The molecule has 6 heteroatoms. The number of likely N-dealkylation sites (tertiary alicyclic amines) is 1. The average Bonchev–Trinajstić information content (AvgIpc) is 2.56. The number of amides is 1. The van der Waals surface area contributed by atoms with Crippen molar-refractivity contribution < 1.29 is 14.3 Å². The second-order valence-electron chi connectivity index (χ2n) is 5.76. The summed E-state index contributed by atoms with van der Waals surface area (Å²) in [5, 5.41) is 0. The maximum absolute atomic E-state index is 12.3. The van der Waals surface area contributed by atoms with Crippen molar-refractivity contribution in [1.82, 2.24) is 14.9 Å². The van der Waals surface area contributed by atoms with Crippen molar-refractivity contribution in [1.29, 1.82) is 0 Å². The van der Waals surface area contributed by atoms with E-state index in [2.05, 4.69) is 9.97 Å². The molecule has 0 N–H and O–H groups in total. The van der Waals surface area contributed by atoms with E-state index in [0.717, 1.165) is 32.3 Å². The minimum atomic E-state index is -0.113. The minimum Gasteiger partial charge on any atom is -0.381 e. The summed E-state index contributed by atoms with van der Waals surface area (Å²) in [6.45, 7) is 2.15. The van der Waals surface area contributed by atoms with E-state index in [1.165, 1.54) is 6.20 Å². The lowest BCUT2D eigenvalue weighted by atomic mass is 9.83. The highest BCUT2D eigenvalue weighted by atomic mass is 16.5. The molecule has 0 aromatic carbocycles. The summed E-state index contributed by atoms with van der Waals surface area (Å²) in [6, 6.07) is 0. The van der Waals surface area contributed by atoms with Crippen LogP contribution in [0.4, 0.5) is 0 Å². The molecular formula is C15H21N3O3. The third-order valence-corrected chi connectivity index (χ3v) is 4.53. The van der Waals surface area contributed by atoms with E-state index >= 15 is 0 Å². The Kier molecular flexibility index (Phi) is 4.17. The Hall–Kier alpha value is -1.53. The number of hydrogen-bond acceptors (Lipinski definition) is 5. The van der Waals surface area contributed by atoms with Gasteiger partial charge in [-0.1, -0.05) is 0 Å². The van der Waals surface area contributed by atoms with Gasteiger partial charge in [-0.3, -0.25) is 9.78 Å². The molecule has 3 heterocycles. The SMILES string of the molecule is COC1CCOC2(CCN(C(=O)c3cnccn3)CC2)C1. The minimum absolute atomic E-state index is 0.0444. The molecule has 1 aromatic heterocycles. The number of rotatable bonds is 2. The average molecular weight is 291 g/mol. The third kappa shape index (κ3) is 3.06. The summed E-state index contributed by atoms with van der Waals surface area (Å²) < 4.78 is 11.5. The first-order valence-corrected chi connectivity index (χ1v) is 7.44. The van der Waals surface area contributed by atoms with Gasteiger partial charge < -0.3 is 14.4 Å². The lowest BCUT2D eigenvalue weighted by molar-refractivity contribution is -0.146. The standard InChI is InChI=1S/C15H21N3O3/c1-20-12-2-9-21-15(10-12)3-7-18(8-4-15)14(19)13-11-16-5-6-17-13/h5-6,11-12H,2-4,7-10H2,1H3. The summed E-state index contributed by atoms with van der Waals surface area (Å²) in [4.78, 5) is 22.2. The van der Waals surface area contributed by atoms with E-state index < -0.39 is 0 Å². The van der Waals surface area contributed by atoms with Crippen LogP contribution in [0.5, 0.6) is 0 Å². The topological polar surface area (TPSA) is 64.6 Å². The van der Waals surface area contributed by atoms with Crippen molar-refractivity contribution in [3.8, 4) is 0 Å². The van der Waals surface area contributed by atoms with Gasteiger partial charge in [0.1, 0.15) is 5.69 Å². The molecule has 1 aromatic rings. The fourth-order valence-electron chi connectivity index (χ4n) is 3.22. The molecular weight excluding hydrogens is 270 g/mol. The van der Waals surface area contributed by atoms with Crippen molar-refractivity contribution in [2.45, 2.75) is 37.4 Å². The van der Waals surface area contributed by atoms with Gasteiger partial charge in [0, 0.05) is 45.6 Å². The first-order valence-electron chi connectivity index (χ1n) is 7.44. The van der Waals surface area contributed by atoms with Gasteiger partial charge in [0.15, 0.2) is 0 Å². The zero-order chi connectivity index (χ0) is 14.7. The fourth-order valence-corrected chi connectivity index (χ4v) is 3.22. The molecule has 21 heavy (non-hydrogen) atoms. The molecule has 0 radical (unpaired) electrons. The zero-order valence-corrected chi connectivity index (χ0v) is 12.3. The van der Waals surface area contributed by atoms with Crippen LogP contribution >= 0.6 is 0 Å². The summed E-state index contributed by atoms with van der Waals surface area (Å²) >= 11 is 0. The number of ether oxygens (including phenoxy) is 2. The van der Waals surface area contributed by atoms with Crippen molar-refractivity contribution in [3.63, 3.8) is 0 Å². The second-order valence-corrected chi connectivity index (χ2v) is 5.76. The van der Waals surface area contributed by atoms with E-state index in [1.807, 2.05) is 4.90 Å². The number of hydrogen-bond donors (Lipinski definition) is 0. The van der Waals surface area contributed by atoms with Crippen LogP contribution in [0.25, 0.3) is 0 Å². The van der Waals surface area contributed by atoms with E-state index in [1.54, 1.807) is 19.5 Å². The maximum Gasteiger partial charge on any atom is 0.274 e. The van der Waals surface area contributed by atoms with Gasteiger partial charge in [-0.2, -0.15) is 0 Å². The van der Waals surface area contributed by atoms with Gasteiger partial charge in [-0.25, -0.2) is 4.98 Å². The van der Waals surface area contributed by atoms with Crippen LogP contribution in [0, 0.1) is 0 Å². The van der Waals surface area contributed by atoms with Crippen LogP contribution in [-0.4, -0.2) is 59.3 Å². The number of carbonyl (C=O) groups is 1. The predicted molar refractivity (Wildman–Crippen MR) is 75.9 cm³/mol. The quantitative estimate of drug-likeness (QED) is 0.821. The molecule has 2 aliphatic heterocycles. The van der Waals surface area contributed by atoms with E-state index in [0.29, 0.717) is 18.8 Å². The molecule has 0 bridgehead atoms. The fraction of sp³-hybridized carbons (Fsp3) is 0.667. The van der Waals surface area contributed by atoms with Gasteiger partial charge in [0.05, 0.1) is 17.9 Å². The molecule has 3 rings (SSSR count). The first kappa shape index (κ1) is 14.4. The Morgan fingerprint density at radius 2 is 2.24 bits per heavy atom. The highest BCUT2D eigenvalue weighted by Gasteiger charge is 2.41. The Morgan fingerprint density at radius 1 is 1.43 bits per heavy atom. The van der Waals surface area contributed by atoms with Crippen molar-refractivity contribution in [2.24, 2.45) is 0 Å². The van der Waals surface area contributed by atoms with Crippen LogP contribution in [-0.2, 0) is 9.47 Å². The van der Waals surface area contributed by atoms with Gasteiger partial charge >= 0.3 is 0 Å². The van der Waals surface area contributed by atoms with E-state index in [4.69, 9.17) is 9.47 Å². The van der Waals surface area contributed by atoms with E-state index in [-0.39, 0.29) is 17.6 Å². The maximum atomic E-state index is 12.3. The lowest BCUT2D eigenvalue weighted by Gasteiger charge is -2.45. The van der Waals surface area contributed by atoms with Gasteiger partial charge in [-0.15, -0.1) is 0 Å². The normalized spacial score (nSPS) is 25.0. The number of nitrogens with zero attached hydrogens (tertiary/aromatic N) is 3. The highest BCUT2D eigenvalue weighted by Crippen LogP contribution is 2.36. The van der Waals surface area contributed by atoms with E-state index in [9.17, 15) is 4.79 Å². The van der Waals surface area contributed by atoms with Crippen LogP contribution in [0.3, 0.4) is 0 Å². The molecule has 1 atom stereocenters. The molecule has 2 aliphatic rings. The molecule has 2 saturated heterocycles. The third-order valence-electron chi connectivity index (χ3n) is 4.53. The monoisotopic (exact) mass is 291 g/mol. The number of piperidine rings is 1. The Bertz CT molecular complexity index is 486. The number of aromatic nitrogens is 2. The molecule has 2 fully saturated rings. The Labute approximate surface area is 124 Å². The smallest absolute Gasteiger partial charge is 0.274 e. The summed E-state index contributed by atoms with van der Waals surface area (Å²) in [7, 11) is 1.76. The molecule has 1 amide bonds. The highest BCUT2D eigenvalue weighted by molar-refractivity contribution is 5.92. The predicted octanol–water partition coefficient (Wildman–Crippen LogP) is 1.28. The lowest BCUT2D eigenvalue weighted by Crippen LogP contribution is -2.52. The molecule has 1 unspecified atom stereocenters. The largest absolute Gasteiger partial charge is 0.381 e. The van der Waals surface area contributed by atoms with Gasteiger partial charge in [-0.05, 0) is 19.3 Å². The molecule has 1 spiro atoms. The van der Waals surface area contributed by atoms with Gasteiger partial charge in [0.2, 0.25) is 0 Å². The summed E-state index contributed by atoms with van der Waals surface area (Å²) in [6.07, 6.45) is 8.52. The summed E-state index contributed by atoms with van der Waals surface area (Å²) in [5.41, 5.74) is 0.297. The van der Waals surface area contributed by atoms with Crippen molar-refractivity contribution in [2.75, 3.05) is 26.8 Å². The molecule has 0 aliphatic carbocycles. The van der Waals surface area contributed by atoms with Crippen LogP contribution in [0.2, 0.25) is 0 Å². The number of methoxy groups -OCH3 is 1. The van der Waals surface area contributed by atoms with Gasteiger partial charge in [0.25, 0.3) is 5.91 Å².